The van der Waals surface area contributed by atoms with E-state index < -0.39 is 0 Å². The van der Waals surface area contributed by atoms with Crippen LogP contribution < -0.4 is 5.73 Å². The summed E-state index contributed by atoms with van der Waals surface area (Å²) in [6.45, 7) is 0. The number of nitrogen functional groups attached to an aromatic ring is 1. The number of aromatic nitrogens is 4. The van der Waals surface area contributed by atoms with E-state index in [1.165, 1.54) is 37.0 Å². The van der Waals surface area contributed by atoms with Crippen LogP contribution in [0.5, 0.6) is 0 Å². The van der Waals surface area contributed by atoms with Gasteiger partial charge in [-0.3, -0.25) is 0 Å². The minimum absolute atomic E-state index is 0.544. The molecule has 2 N–H and O–H groups in total. The van der Waals surface area contributed by atoms with Crippen molar-refractivity contribution in [3.63, 3.8) is 0 Å². The van der Waals surface area contributed by atoms with Gasteiger partial charge in [-0.25, -0.2) is 4.98 Å². The summed E-state index contributed by atoms with van der Waals surface area (Å²) in [5.74, 6) is 0.950. The van der Waals surface area contributed by atoms with Crippen LogP contribution in [-0.2, 0) is 0 Å². The lowest BCUT2D eigenvalue weighted by molar-refractivity contribution is 0.522. The maximum absolute atomic E-state index is 5.76. The molecule has 4 rings (SSSR count). The Kier molecular flexibility index (Phi) is 2.70. The molecule has 2 heterocycles. The number of nitrogens with zero attached hydrogens (tertiary/aromatic N) is 4. The topological polar surface area (TPSA) is 69.6 Å². The molecule has 5 nitrogen and oxygen atoms in total. The number of anilines is 1. The third-order valence-corrected chi connectivity index (χ3v) is 4.80. The van der Waals surface area contributed by atoms with Gasteiger partial charge in [0.15, 0.2) is 11.0 Å². The van der Waals surface area contributed by atoms with Crippen molar-refractivity contribution >= 4 is 26.7 Å². The monoisotopic (exact) mass is 285 g/mol. The zero-order valence-electron chi connectivity index (χ0n) is 11.0. The predicted molar refractivity (Wildman–Crippen MR) is 80.6 cm³/mol. The Bertz CT molecular complexity index is 754. The van der Waals surface area contributed by atoms with Crippen LogP contribution in [0.3, 0.4) is 0 Å². The van der Waals surface area contributed by atoms with E-state index in [1.54, 1.807) is 0 Å². The molecular formula is C14H15N5S. The highest BCUT2D eigenvalue weighted by Crippen LogP contribution is 2.34. The highest BCUT2D eigenvalue weighted by Gasteiger charge is 2.20. The van der Waals surface area contributed by atoms with Crippen LogP contribution in [0, 0.1) is 0 Å². The zero-order chi connectivity index (χ0) is 13.5. The second-order valence-electron chi connectivity index (χ2n) is 5.23. The molecule has 0 spiro atoms. The minimum atomic E-state index is 0.544. The van der Waals surface area contributed by atoms with Crippen LogP contribution >= 0.6 is 11.3 Å². The standard InChI is InChI=1S/C14H15N5S/c15-14-17-11-6-5-9(7-12(11)20-14)13-18-16-8-19(13)10-3-1-2-4-10/h5-8,10H,1-4H2,(H2,15,17). The maximum atomic E-state index is 5.76. The molecule has 1 saturated carbocycles. The van der Waals surface area contributed by atoms with E-state index in [1.807, 2.05) is 12.4 Å². The Morgan fingerprint density at radius 3 is 2.95 bits per heavy atom. The van der Waals surface area contributed by atoms with E-state index in [0.29, 0.717) is 11.2 Å². The van der Waals surface area contributed by atoms with E-state index in [0.717, 1.165) is 21.6 Å². The molecule has 0 unspecified atom stereocenters. The van der Waals surface area contributed by atoms with Crippen LogP contribution in [0.2, 0.25) is 0 Å². The lowest BCUT2D eigenvalue weighted by atomic mass is 10.1. The number of hydrogen-bond donors (Lipinski definition) is 1. The zero-order valence-corrected chi connectivity index (χ0v) is 11.8. The molecule has 1 aliphatic carbocycles. The lowest BCUT2D eigenvalue weighted by Crippen LogP contribution is -2.05. The quantitative estimate of drug-likeness (QED) is 0.784. The number of thiazole rings is 1. The Morgan fingerprint density at radius 2 is 2.10 bits per heavy atom. The number of nitrogens with two attached hydrogens (primary N) is 1. The van der Waals surface area contributed by atoms with Crippen LogP contribution in [0.1, 0.15) is 31.7 Å². The second kappa shape index (κ2) is 4.56. The van der Waals surface area contributed by atoms with Crippen molar-refractivity contribution in [3.8, 4) is 11.4 Å². The summed E-state index contributed by atoms with van der Waals surface area (Å²) in [5, 5.41) is 9.02. The van der Waals surface area contributed by atoms with Gasteiger partial charge < -0.3 is 10.3 Å². The normalized spacial score (nSPS) is 16.2. The molecule has 0 bridgehead atoms. The summed E-state index contributed by atoms with van der Waals surface area (Å²) in [6.07, 6.45) is 6.90. The molecule has 0 saturated heterocycles. The molecule has 0 amide bonds. The van der Waals surface area contributed by atoms with Crippen molar-refractivity contribution in [2.45, 2.75) is 31.7 Å². The van der Waals surface area contributed by atoms with E-state index in [-0.39, 0.29) is 0 Å². The predicted octanol–water partition coefficient (Wildman–Crippen LogP) is 3.25. The minimum Gasteiger partial charge on any atom is -0.375 e. The van der Waals surface area contributed by atoms with Gasteiger partial charge in [0.25, 0.3) is 0 Å². The summed E-state index contributed by atoms with van der Waals surface area (Å²) in [6, 6.07) is 6.71. The van der Waals surface area contributed by atoms with Gasteiger partial charge in [-0.15, -0.1) is 10.2 Å². The Morgan fingerprint density at radius 1 is 1.25 bits per heavy atom. The van der Waals surface area contributed by atoms with Crippen molar-refractivity contribution in [2.24, 2.45) is 0 Å². The van der Waals surface area contributed by atoms with Crippen molar-refractivity contribution in [1.29, 1.82) is 0 Å². The smallest absolute Gasteiger partial charge is 0.181 e. The fourth-order valence-corrected chi connectivity index (χ4v) is 3.75. The van der Waals surface area contributed by atoms with Gasteiger partial charge in [0.2, 0.25) is 0 Å². The molecule has 1 aromatic carbocycles. The summed E-state index contributed by atoms with van der Waals surface area (Å²) in [4.78, 5) is 4.29. The van der Waals surface area contributed by atoms with Crippen LogP contribution in [-0.4, -0.2) is 19.7 Å². The first-order valence-electron chi connectivity index (χ1n) is 6.87. The summed E-state index contributed by atoms with van der Waals surface area (Å²) >= 11 is 1.51. The van der Waals surface area contributed by atoms with Gasteiger partial charge >= 0.3 is 0 Å². The van der Waals surface area contributed by atoms with Gasteiger partial charge in [-0.2, -0.15) is 0 Å². The first-order chi connectivity index (χ1) is 9.81. The van der Waals surface area contributed by atoms with Crippen molar-refractivity contribution < 1.29 is 0 Å². The van der Waals surface area contributed by atoms with Crippen molar-refractivity contribution in [1.82, 2.24) is 19.7 Å². The molecule has 20 heavy (non-hydrogen) atoms. The van der Waals surface area contributed by atoms with Crippen LogP contribution in [0.15, 0.2) is 24.5 Å². The first kappa shape index (κ1) is 11.8. The van der Waals surface area contributed by atoms with Gasteiger partial charge in [-0.1, -0.05) is 24.2 Å². The molecule has 0 atom stereocenters. The van der Waals surface area contributed by atoms with Crippen molar-refractivity contribution in [3.05, 3.63) is 24.5 Å². The molecule has 3 aromatic rings. The van der Waals surface area contributed by atoms with E-state index in [9.17, 15) is 0 Å². The van der Waals surface area contributed by atoms with Gasteiger partial charge in [-0.05, 0) is 31.0 Å². The number of rotatable bonds is 2. The molecule has 1 aliphatic rings. The fraction of sp³-hybridized carbons (Fsp3) is 0.357. The Labute approximate surface area is 120 Å². The number of fused-ring (bicyclic) bond motifs is 1. The SMILES string of the molecule is Nc1nc2ccc(-c3nncn3C3CCCC3)cc2s1. The molecule has 1 fully saturated rings. The average molecular weight is 285 g/mol. The summed E-state index contributed by atoms with van der Waals surface area (Å²) < 4.78 is 3.32. The molecule has 2 aromatic heterocycles. The first-order valence-corrected chi connectivity index (χ1v) is 7.69. The Hall–Kier alpha value is -1.95. The largest absolute Gasteiger partial charge is 0.375 e. The average Bonchev–Trinajstić information content (AvgIpc) is 3.16. The number of benzene rings is 1. The Balaban J connectivity index is 1.80. The van der Waals surface area contributed by atoms with E-state index in [4.69, 9.17) is 5.73 Å². The number of hydrogen-bond acceptors (Lipinski definition) is 5. The molecular weight excluding hydrogens is 270 g/mol. The summed E-state index contributed by atoms with van der Waals surface area (Å²) in [5.41, 5.74) is 7.80. The van der Waals surface area contributed by atoms with E-state index >= 15 is 0 Å². The van der Waals surface area contributed by atoms with Crippen LogP contribution in [0.25, 0.3) is 21.6 Å². The summed E-state index contributed by atoms with van der Waals surface area (Å²) in [7, 11) is 0. The highest BCUT2D eigenvalue weighted by atomic mass is 32.1. The fourth-order valence-electron chi connectivity index (χ4n) is 2.98. The molecule has 0 aliphatic heterocycles. The molecule has 102 valence electrons. The van der Waals surface area contributed by atoms with Gasteiger partial charge in [0.05, 0.1) is 10.2 Å². The second-order valence-corrected chi connectivity index (χ2v) is 6.30. The van der Waals surface area contributed by atoms with E-state index in [2.05, 4.69) is 31.9 Å². The lowest BCUT2D eigenvalue weighted by Gasteiger charge is -2.13. The molecule has 6 heteroatoms. The highest BCUT2D eigenvalue weighted by molar-refractivity contribution is 7.22. The molecule has 0 radical (unpaired) electrons. The van der Waals surface area contributed by atoms with Gasteiger partial charge in [0.1, 0.15) is 6.33 Å². The van der Waals surface area contributed by atoms with Crippen LogP contribution in [0.4, 0.5) is 5.13 Å². The van der Waals surface area contributed by atoms with Crippen molar-refractivity contribution in [2.75, 3.05) is 5.73 Å². The van der Waals surface area contributed by atoms with Gasteiger partial charge in [0, 0.05) is 11.6 Å². The third kappa shape index (κ3) is 1.87. The maximum Gasteiger partial charge on any atom is 0.181 e. The third-order valence-electron chi connectivity index (χ3n) is 3.95.